The molecule has 2 aromatic heterocycles. The zero-order valence-corrected chi connectivity index (χ0v) is 18.8. The van der Waals surface area contributed by atoms with Crippen LogP contribution < -0.4 is 15.2 Å². The molecule has 1 aliphatic heterocycles. The SMILES string of the molecule is CCC1CCc2cc(-c3nc(C4(F)CCCC4)ccc3S(N)(=O)=O)c(OC)nc2CN1. The lowest BCUT2D eigenvalue weighted by Gasteiger charge is -2.21. The molecule has 31 heavy (non-hydrogen) atoms. The molecule has 1 atom stereocenters. The number of pyridine rings is 2. The molecule has 0 saturated heterocycles. The Bertz CT molecular complexity index is 1080. The molecule has 1 fully saturated rings. The topological polar surface area (TPSA) is 107 Å². The van der Waals surface area contributed by atoms with Crippen LogP contribution in [0, 0.1) is 0 Å². The van der Waals surface area contributed by atoms with Gasteiger partial charge in [-0.1, -0.05) is 6.92 Å². The summed E-state index contributed by atoms with van der Waals surface area (Å²) in [5.41, 5.74) is 1.06. The second-order valence-corrected chi connectivity index (χ2v) is 9.97. The molecule has 2 aromatic rings. The van der Waals surface area contributed by atoms with E-state index in [4.69, 9.17) is 9.88 Å². The van der Waals surface area contributed by atoms with Crippen molar-refractivity contribution < 1.29 is 17.5 Å². The third-order valence-corrected chi connectivity index (χ3v) is 7.38. The molecule has 9 heteroatoms. The van der Waals surface area contributed by atoms with Crippen molar-refractivity contribution in [2.24, 2.45) is 5.14 Å². The van der Waals surface area contributed by atoms with Crippen molar-refractivity contribution in [3.63, 3.8) is 0 Å². The molecular weight excluding hydrogens is 419 g/mol. The predicted octanol–water partition coefficient (Wildman–Crippen LogP) is 3.35. The van der Waals surface area contributed by atoms with Crippen LogP contribution >= 0.6 is 0 Å². The number of nitrogens with two attached hydrogens (primary N) is 1. The first-order valence-corrected chi connectivity index (χ1v) is 12.3. The first-order chi connectivity index (χ1) is 14.7. The summed E-state index contributed by atoms with van der Waals surface area (Å²) >= 11 is 0. The maximum Gasteiger partial charge on any atom is 0.240 e. The number of fused-ring (bicyclic) bond motifs is 1. The van der Waals surface area contributed by atoms with Gasteiger partial charge in [-0.25, -0.2) is 27.9 Å². The summed E-state index contributed by atoms with van der Waals surface area (Å²) in [6, 6.07) is 5.06. The van der Waals surface area contributed by atoms with Crippen LogP contribution in [0.5, 0.6) is 5.88 Å². The summed E-state index contributed by atoms with van der Waals surface area (Å²) in [7, 11) is -2.61. The van der Waals surface area contributed by atoms with Gasteiger partial charge in [0.05, 0.1) is 29.8 Å². The molecule has 168 valence electrons. The van der Waals surface area contributed by atoms with Crippen LogP contribution in [0.25, 0.3) is 11.3 Å². The second kappa shape index (κ2) is 8.44. The number of ether oxygens (including phenoxy) is 1. The molecule has 1 unspecified atom stereocenters. The van der Waals surface area contributed by atoms with E-state index in [9.17, 15) is 8.42 Å². The largest absolute Gasteiger partial charge is 0.480 e. The Labute approximate surface area is 182 Å². The summed E-state index contributed by atoms with van der Waals surface area (Å²) in [5.74, 6) is 0.254. The highest BCUT2D eigenvalue weighted by molar-refractivity contribution is 7.89. The van der Waals surface area contributed by atoms with Gasteiger partial charge in [-0.15, -0.1) is 0 Å². The van der Waals surface area contributed by atoms with Crippen LogP contribution in [0.1, 0.15) is 62.4 Å². The van der Waals surface area contributed by atoms with Gasteiger partial charge in [-0.3, -0.25) is 0 Å². The highest BCUT2D eigenvalue weighted by Gasteiger charge is 2.38. The number of nitrogens with one attached hydrogen (secondary N) is 1. The van der Waals surface area contributed by atoms with Gasteiger partial charge in [-0.05, 0) is 68.7 Å². The zero-order chi connectivity index (χ0) is 22.2. The highest BCUT2D eigenvalue weighted by atomic mass is 32.2. The number of alkyl halides is 1. The van der Waals surface area contributed by atoms with Gasteiger partial charge < -0.3 is 10.1 Å². The average molecular weight is 449 g/mol. The van der Waals surface area contributed by atoms with Crippen LogP contribution in [0.2, 0.25) is 0 Å². The third-order valence-electron chi connectivity index (χ3n) is 6.44. The van der Waals surface area contributed by atoms with E-state index in [1.165, 1.54) is 19.2 Å². The first-order valence-electron chi connectivity index (χ1n) is 10.8. The number of aryl methyl sites for hydroxylation is 1. The molecule has 0 radical (unpaired) electrons. The molecule has 4 rings (SSSR count). The molecule has 0 spiro atoms. The van der Waals surface area contributed by atoms with E-state index >= 15 is 4.39 Å². The minimum atomic E-state index is -4.09. The van der Waals surface area contributed by atoms with Gasteiger partial charge in [-0.2, -0.15) is 0 Å². The number of nitrogens with zero attached hydrogens (tertiary/aromatic N) is 2. The minimum absolute atomic E-state index is 0.0975. The van der Waals surface area contributed by atoms with Crippen LogP contribution in [-0.4, -0.2) is 31.5 Å². The van der Waals surface area contributed by atoms with E-state index < -0.39 is 15.7 Å². The Balaban J connectivity index is 1.89. The lowest BCUT2D eigenvalue weighted by Crippen LogP contribution is -2.26. The fourth-order valence-electron chi connectivity index (χ4n) is 4.60. The Hall–Kier alpha value is -2.10. The first kappa shape index (κ1) is 22.1. The molecular formula is C22H29FN4O3S. The number of hydrogen-bond acceptors (Lipinski definition) is 6. The van der Waals surface area contributed by atoms with Gasteiger partial charge in [0.2, 0.25) is 15.9 Å². The Morgan fingerprint density at radius 1 is 1.29 bits per heavy atom. The summed E-state index contributed by atoms with van der Waals surface area (Å²) in [6.45, 7) is 2.74. The van der Waals surface area contributed by atoms with Crippen LogP contribution in [0.15, 0.2) is 23.1 Å². The van der Waals surface area contributed by atoms with Crippen molar-refractivity contribution in [3.05, 3.63) is 35.2 Å². The second-order valence-electron chi connectivity index (χ2n) is 8.44. The Morgan fingerprint density at radius 3 is 2.68 bits per heavy atom. The van der Waals surface area contributed by atoms with E-state index in [0.29, 0.717) is 31.0 Å². The summed E-state index contributed by atoms with van der Waals surface area (Å²) in [6.07, 6.45) is 5.05. The number of rotatable bonds is 5. The Morgan fingerprint density at radius 2 is 2.03 bits per heavy atom. The van der Waals surface area contributed by atoms with Crippen molar-refractivity contribution in [1.82, 2.24) is 15.3 Å². The highest BCUT2D eigenvalue weighted by Crippen LogP contribution is 2.43. The van der Waals surface area contributed by atoms with Gasteiger partial charge in [0, 0.05) is 12.6 Å². The van der Waals surface area contributed by atoms with Gasteiger partial charge in [0.25, 0.3) is 0 Å². The number of primary sulfonamides is 1. The molecule has 1 aliphatic carbocycles. The average Bonchev–Trinajstić information content (AvgIpc) is 3.10. The number of sulfonamides is 1. The van der Waals surface area contributed by atoms with Crippen molar-refractivity contribution >= 4 is 10.0 Å². The van der Waals surface area contributed by atoms with Crippen LogP contribution in [0.4, 0.5) is 4.39 Å². The molecule has 3 heterocycles. The van der Waals surface area contributed by atoms with Crippen molar-refractivity contribution in [2.45, 2.75) is 75.0 Å². The van der Waals surface area contributed by atoms with Gasteiger partial charge in [0.15, 0.2) is 5.67 Å². The Kier molecular flexibility index (Phi) is 6.02. The molecule has 0 bridgehead atoms. The standard InChI is InChI=1S/C22H29FN4O3S/c1-3-15-7-6-14-12-16(21(30-2)26-17(14)13-25-15)20-18(31(24,28)29)8-9-19(27-20)22(23)10-4-5-11-22/h8-9,12,15,25H,3-7,10-11,13H2,1-2H3,(H2,24,28,29). The zero-order valence-electron chi connectivity index (χ0n) is 17.9. The summed E-state index contributed by atoms with van der Waals surface area (Å²) < 4.78 is 45.6. The van der Waals surface area contributed by atoms with E-state index in [0.717, 1.165) is 43.4 Å². The quantitative estimate of drug-likeness (QED) is 0.726. The maximum atomic E-state index is 15.5. The number of aromatic nitrogens is 2. The fourth-order valence-corrected chi connectivity index (χ4v) is 5.28. The monoisotopic (exact) mass is 448 g/mol. The molecule has 0 aromatic carbocycles. The van der Waals surface area contributed by atoms with E-state index in [2.05, 4.69) is 22.2 Å². The lowest BCUT2D eigenvalue weighted by molar-refractivity contribution is 0.168. The number of hydrogen-bond donors (Lipinski definition) is 2. The molecule has 1 saturated carbocycles. The van der Waals surface area contributed by atoms with E-state index in [1.807, 2.05) is 6.07 Å². The number of methoxy groups -OCH3 is 1. The minimum Gasteiger partial charge on any atom is -0.480 e. The lowest BCUT2D eigenvalue weighted by atomic mass is 9.98. The number of halogens is 1. The van der Waals surface area contributed by atoms with Crippen LogP contribution in [-0.2, 0) is 28.7 Å². The maximum absolute atomic E-state index is 15.5. The van der Waals surface area contributed by atoms with Gasteiger partial charge in [0.1, 0.15) is 4.90 Å². The smallest absolute Gasteiger partial charge is 0.240 e. The van der Waals surface area contributed by atoms with Crippen molar-refractivity contribution in [3.8, 4) is 17.1 Å². The van der Waals surface area contributed by atoms with E-state index in [-0.39, 0.29) is 22.2 Å². The third kappa shape index (κ3) is 4.31. The predicted molar refractivity (Wildman–Crippen MR) is 116 cm³/mol. The van der Waals surface area contributed by atoms with Gasteiger partial charge >= 0.3 is 0 Å². The van der Waals surface area contributed by atoms with Crippen molar-refractivity contribution in [2.75, 3.05) is 7.11 Å². The van der Waals surface area contributed by atoms with Crippen molar-refractivity contribution in [1.29, 1.82) is 0 Å². The summed E-state index contributed by atoms with van der Waals surface area (Å²) in [4.78, 5) is 9.00. The molecule has 2 aliphatic rings. The molecule has 0 amide bonds. The molecule has 3 N–H and O–H groups in total. The van der Waals surface area contributed by atoms with Crippen LogP contribution in [0.3, 0.4) is 0 Å². The fraction of sp³-hybridized carbons (Fsp3) is 0.545. The summed E-state index contributed by atoms with van der Waals surface area (Å²) in [5, 5.41) is 8.97. The molecule has 7 nitrogen and oxygen atoms in total. The normalized spacial score (nSPS) is 20.8. The van der Waals surface area contributed by atoms with E-state index in [1.54, 1.807) is 0 Å².